The zero-order chi connectivity index (χ0) is 15.1. The molecule has 0 aromatic heterocycles. The summed E-state index contributed by atoms with van der Waals surface area (Å²) in [5.41, 5.74) is 12.7. The van der Waals surface area contributed by atoms with Gasteiger partial charge in [-0.3, -0.25) is 9.69 Å². The van der Waals surface area contributed by atoms with Gasteiger partial charge in [-0.25, -0.2) is 0 Å². The molecule has 0 saturated carbocycles. The van der Waals surface area contributed by atoms with E-state index in [0.717, 1.165) is 17.7 Å². The Labute approximate surface area is 120 Å². The average molecular weight is 279 g/mol. The molecule has 4 N–H and O–H groups in total. The number of amides is 1. The lowest BCUT2D eigenvalue weighted by Crippen LogP contribution is -2.44. The summed E-state index contributed by atoms with van der Waals surface area (Å²) in [7, 11) is 1.63. The van der Waals surface area contributed by atoms with E-state index in [4.69, 9.17) is 16.2 Å². The molecular weight excluding hydrogens is 254 g/mol. The van der Waals surface area contributed by atoms with Crippen LogP contribution in [0.2, 0.25) is 0 Å². The lowest BCUT2D eigenvalue weighted by molar-refractivity contribution is -0.119. The normalized spacial score (nSPS) is 14.1. The lowest BCUT2D eigenvalue weighted by Gasteiger charge is -2.34. The molecule has 0 spiro atoms. The van der Waals surface area contributed by atoms with Crippen LogP contribution >= 0.6 is 0 Å². The summed E-state index contributed by atoms with van der Waals surface area (Å²) in [6.45, 7) is 4.97. The van der Waals surface area contributed by atoms with Crippen LogP contribution in [0.3, 0.4) is 0 Å². The number of rotatable bonds is 8. The Bertz CT molecular complexity index is 420. The minimum absolute atomic E-state index is 0.0246. The zero-order valence-corrected chi connectivity index (χ0v) is 12.5. The van der Waals surface area contributed by atoms with Crippen molar-refractivity contribution < 1.29 is 9.53 Å². The molecule has 0 radical (unpaired) electrons. The molecule has 1 aromatic carbocycles. The molecule has 1 amide bonds. The van der Waals surface area contributed by atoms with Crippen LogP contribution in [0.25, 0.3) is 0 Å². The van der Waals surface area contributed by atoms with E-state index in [1.165, 1.54) is 0 Å². The molecule has 5 nitrogen and oxygen atoms in total. The van der Waals surface area contributed by atoms with E-state index < -0.39 is 0 Å². The molecule has 0 aliphatic rings. The van der Waals surface area contributed by atoms with Crippen molar-refractivity contribution in [1.82, 2.24) is 4.90 Å². The highest BCUT2D eigenvalue weighted by Crippen LogP contribution is 2.26. The standard InChI is InChI=1S/C15H25N3O2/c1-4-13(16)15(18(5-2)10-14(17)19)11-6-8-12(20-3)9-7-11/h6-9,13,15H,4-5,10,16H2,1-3H3,(H2,17,19). The first kappa shape index (κ1) is 16.5. The molecule has 2 unspecified atom stereocenters. The number of hydrogen-bond acceptors (Lipinski definition) is 4. The van der Waals surface area contributed by atoms with Gasteiger partial charge in [0.15, 0.2) is 0 Å². The van der Waals surface area contributed by atoms with Crippen LogP contribution in [0.4, 0.5) is 0 Å². The van der Waals surface area contributed by atoms with Gasteiger partial charge in [-0.1, -0.05) is 26.0 Å². The lowest BCUT2D eigenvalue weighted by atomic mass is 9.96. The van der Waals surface area contributed by atoms with Crippen molar-refractivity contribution in [2.75, 3.05) is 20.2 Å². The quantitative estimate of drug-likeness (QED) is 0.751. The molecular formula is C15H25N3O2. The number of ether oxygens (including phenoxy) is 1. The first-order valence-electron chi connectivity index (χ1n) is 6.95. The van der Waals surface area contributed by atoms with Crippen LogP contribution < -0.4 is 16.2 Å². The Kier molecular flexibility index (Phi) is 6.48. The minimum atomic E-state index is -0.339. The predicted octanol–water partition coefficient (Wildman–Crippen LogP) is 1.28. The van der Waals surface area contributed by atoms with Gasteiger partial charge in [0.25, 0.3) is 0 Å². The second-order valence-electron chi connectivity index (χ2n) is 4.82. The third-order valence-corrected chi connectivity index (χ3v) is 3.49. The van der Waals surface area contributed by atoms with Crippen molar-refractivity contribution in [2.45, 2.75) is 32.4 Å². The monoisotopic (exact) mass is 279 g/mol. The van der Waals surface area contributed by atoms with Gasteiger partial charge in [0.1, 0.15) is 5.75 Å². The molecule has 1 rings (SSSR count). The van der Waals surface area contributed by atoms with Gasteiger partial charge in [0.2, 0.25) is 5.91 Å². The van der Waals surface area contributed by atoms with E-state index in [-0.39, 0.29) is 24.5 Å². The summed E-state index contributed by atoms with van der Waals surface area (Å²) in [5, 5.41) is 0. The van der Waals surface area contributed by atoms with Crippen molar-refractivity contribution in [3.63, 3.8) is 0 Å². The summed E-state index contributed by atoms with van der Waals surface area (Å²) in [6, 6.07) is 7.71. The highest BCUT2D eigenvalue weighted by atomic mass is 16.5. The first-order chi connectivity index (χ1) is 9.53. The molecule has 112 valence electrons. The number of benzene rings is 1. The topological polar surface area (TPSA) is 81.6 Å². The minimum Gasteiger partial charge on any atom is -0.497 e. The molecule has 0 aliphatic carbocycles. The maximum Gasteiger partial charge on any atom is 0.231 e. The van der Waals surface area contributed by atoms with E-state index in [1.807, 2.05) is 43.0 Å². The van der Waals surface area contributed by atoms with Crippen molar-refractivity contribution in [3.05, 3.63) is 29.8 Å². The highest BCUT2D eigenvalue weighted by Gasteiger charge is 2.25. The SMILES string of the molecule is CCC(N)C(c1ccc(OC)cc1)N(CC)CC(N)=O. The predicted molar refractivity (Wildman–Crippen MR) is 80.4 cm³/mol. The smallest absolute Gasteiger partial charge is 0.231 e. The van der Waals surface area contributed by atoms with Crippen molar-refractivity contribution in [3.8, 4) is 5.75 Å². The fraction of sp³-hybridized carbons (Fsp3) is 0.533. The van der Waals surface area contributed by atoms with Crippen molar-refractivity contribution >= 4 is 5.91 Å². The molecule has 5 heteroatoms. The van der Waals surface area contributed by atoms with Gasteiger partial charge in [0.05, 0.1) is 19.7 Å². The number of likely N-dealkylation sites (N-methyl/N-ethyl adjacent to an activating group) is 1. The largest absolute Gasteiger partial charge is 0.497 e. The van der Waals surface area contributed by atoms with E-state index in [2.05, 4.69) is 0 Å². The maximum atomic E-state index is 11.2. The van der Waals surface area contributed by atoms with Crippen LogP contribution in [0.5, 0.6) is 5.75 Å². The molecule has 0 aliphatic heterocycles. The fourth-order valence-electron chi connectivity index (χ4n) is 2.36. The summed E-state index contributed by atoms with van der Waals surface area (Å²) in [5.74, 6) is 0.462. The van der Waals surface area contributed by atoms with E-state index in [0.29, 0.717) is 6.54 Å². The summed E-state index contributed by atoms with van der Waals surface area (Å²) < 4.78 is 5.17. The molecule has 1 aromatic rings. The Morgan fingerprint density at radius 2 is 1.90 bits per heavy atom. The Hall–Kier alpha value is -1.59. The van der Waals surface area contributed by atoms with Crippen LogP contribution in [0.15, 0.2) is 24.3 Å². The van der Waals surface area contributed by atoms with E-state index >= 15 is 0 Å². The molecule has 0 heterocycles. The fourth-order valence-corrected chi connectivity index (χ4v) is 2.36. The number of methoxy groups -OCH3 is 1. The number of carbonyl (C=O) groups is 1. The zero-order valence-electron chi connectivity index (χ0n) is 12.5. The van der Waals surface area contributed by atoms with Crippen molar-refractivity contribution in [2.24, 2.45) is 11.5 Å². The Balaban J connectivity index is 3.05. The van der Waals surface area contributed by atoms with E-state index in [1.54, 1.807) is 7.11 Å². The number of hydrogen-bond donors (Lipinski definition) is 2. The molecule has 0 bridgehead atoms. The van der Waals surface area contributed by atoms with Gasteiger partial charge in [-0.2, -0.15) is 0 Å². The van der Waals surface area contributed by atoms with Crippen LogP contribution in [-0.2, 0) is 4.79 Å². The van der Waals surface area contributed by atoms with Gasteiger partial charge in [-0.05, 0) is 30.7 Å². The van der Waals surface area contributed by atoms with Gasteiger partial charge in [0, 0.05) is 6.04 Å². The second-order valence-corrected chi connectivity index (χ2v) is 4.82. The van der Waals surface area contributed by atoms with Crippen LogP contribution in [0.1, 0.15) is 31.9 Å². The molecule has 0 saturated heterocycles. The summed E-state index contributed by atoms with van der Waals surface area (Å²) in [6.07, 6.45) is 0.825. The van der Waals surface area contributed by atoms with Gasteiger partial charge in [-0.15, -0.1) is 0 Å². The van der Waals surface area contributed by atoms with Crippen LogP contribution in [-0.4, -0.2) is 37.0 Å². The number of nitrogens with two attached hydrogens (primary N) is 2. The third-order valence-electron chi connectivity index (χ3n) is 3.49. The second kappa shape index (κ2) is 7.87. The van der Waals surface area contributed by atoms with Crippen LogP contribution in [0, 0.1) is 0 Å². The average Bonchev–Trinajstić information content (AvgIpc) is 2.46. The highest BCUT2D eigenvalue weighted by molar-refractivity contribution is 5.76. The Morgan fingerprint density at radius 3 is 2.30 bits per heavy atom. The molecule has 2 atom stereocenters. The molecule has 20 heavy (non-hydrogen) atoms. The maximum absolute atomic E-state index is 11.2. The van der Waals surface area contributed by atoms with E-state index in [9.17, 15) is 4.79 Å². The Morgan fingerprint density at radius 1 is 1.30 bits per heavy atom. The van der Waals surface area contributed by atoms with Gasteiger partial charge < -0.3 is 16.2 Å². The molecule has 0 fully saturated rings. The van der Waals surface area contributed by atoms with Gasteiger partial charge >= 0.3 is 0 Å². The third kappa shape index (κ3) is 4.21. The number of primary amides is 1. The summed E-state index contributed by atoms with van der Waals surface area (Å²) >= 11 is 0. The van der Waals surface area contributed by atoms with Crippen molar-refractivity contribution in [1.29, 1.82) is 0 Å². The summed E-state index contributed by atoms with van der Waals surface area (Å²) in [4.78, 5) is 13.2. The number of carbonyl (C=O) groups excluding carboxylic acids is 1. The number of nitrogens with zero attached hydrogens (tertiary/aromatic N) is 1. The first-order valence-corrected chi connectivity index (χ1v) is 6.95.